The van der Waals surface area contributed by atoms with Crippen molar-refractivity contribution >= 4 is 23.0 Å². The molecule has 0 radical (unpaired) electrons. The first-order chi connectivity index (χ1) is 20.2. The fourth-order valence-corrected chi connectivity index (χ4v) is 12.6. The molecule has 1 aliphatic rings. The lowest BCUT2D eigenvalue weighted by Crippen LogP contribution is -2.38. The first-order valence-corrected chi connectivity index (χ1v) is 20.2. The average molecular weight is 708 g/mol. The van der Waals surface area contributed by atoms with E-state index in [1.165, 1.54) is 0 Å². The molecule has 268 valence electrons. The Kier molecular flexibility index (Phi) is 16.3. The number of hydrogen-bond acceptors (Lipinski definition) is 9. The molecule has 0 aromatic rings. The van der Waals surface area contributed by atoms with Crippen LogP contribution in [-0.4, -0.2) is 200 Å². The molecular weight excluding hydrogens is 637 g/mol. The van der Waals surface area contributed by atoms with E-state index in [-0.39, 0.29) is 6.61 Å². The largest absolute Gasteiger partial charge is 0.349 e. The van der Waals surface area contributed by atoms with Crippen LogP contribution in [0.15, 0.2) is 26.2 Å². The standard InChI is InChI=1S/C28H70N8O6P3/c1-17-23-37-43(38-24-18-32(2,3)4)29-44(39-25-19-33(5,6)7,40-26-20-34(8,9)10)31-45(30-43,41-27-21-35(11,12)13)42-28-22-36(14,15)16/h17H,1,18-28H2,2-16H3/q+5. The van der Waals surface area contributed by atoms with Gasteiger partial charge in [0.05, 0.1) is 112 Å². The fourth-order valence-electron chi connectivity index (χ4n) is 3.22. The van der Waals surface area contributed by atoms with Crippen molar-refractivity contribution in [3.8, 4) is 0 Å². The molecule has 1 rings (SSSR count). The van der Waals surface area contributed by atoms with E-state index in [9.17, 15) is 0 Å². The predicted octanol–water partition coefficient (Wildman–Crippen LogP) is 4.66. The van der Waals surface area contributed by atoms with Gasteiger partial charge in [0.15, 0.2) is 0 Å². The summed E-state index contributed by atoms with van der Waals surface area (Å²) >= 11 is 0. The Balaban J connectivity index is 3.99. The van der Waals surface area contributed by atoms with Gasteiger partial charge >= 0.3 is 23.0 Å². The van der Waals surface area contributed by atoms with E-state index in [0.29, 0.717) is 62.0 Å². The third-order valence-corrected chi connectivity index (χ3v) is 14.7. The van der Waals surface area contributed by atoms with E-state index < -0.39 is 23.0 Å². The molecule has 0 spiro atoms. The van der Waals surface area contributed by atoms with Gasteiger partial charge in [-0.25, -0.2) is 0 Å². The van der Waals surface area contributed by atoms with E-state index in [0.717, 1.165) is 26.2 Å². The maximum absolute atomic E-state index is 6.66. The van der Waals surface area contributed by atoms with Crippen LogP contribution in [0.25, 0.3) is 0 Å². The van der Waals surface area contributed by atoms with Gasteiger partial charge in [-0.15, -0.1) is 20.1 Å². The summed E-state index contributed by atoms with van der Waals surface area (Å²) in [5.74, 6) is 0. The first-order valence-electron chi connectivity index (χ1n) is 15.6. The molecule has 45 heavy (non-hydrogen) atoms. The average Bonchev–Trinajstić information content (AvgIpc) is 2.78. The van der Waals surface area contributed by atoms with Gasteiger partial charge in [0.2, 0.25) is 0 Å². The molecule has 0 aliphatic carbocycles. The number of quaternary nitrogens is 5. The van der Waals surface area contributed by atoms with Crippen LogP contribution >= 0.6 is 23.0 Å². The first kappa shape index (κ1) is 43.0. The number of nitrogens with zero attached hydrogens (tertiary/aromatic N) is 8. The van der Waals surface area contributed by atoms with E-state index in [4.69, 9.17) is 40.7 Å². The zero-order chi connectivity index (χ0) is 34.8. The van der Waals surface area contributed by atoms with Gasteiger partial charge in [0, 0.05) is 0 Å². The second-order valence-corrected chi connectivity index (χ2v) is 23.2. The van der Waals surface area contributed by atoms with Crippen molar-refractivity contribution in [1.82, 2.24) is 0 Å². The molecule has 0 fully saturated rings. The summed E-state index contributed by atoms with van der Waals surface area (Å²) in [6, 6.07) is 0. The lowest BCUT2D eigenvalue weighted by molar-refractivity contribution is -0.870. The van der Waals surface area contributed by atoms with Crippen molar-refractivity contribution in [2.45, 2.75) is 0 Å². The Morgan fingerprint density at radius 1 is 0.400 bits per heavy atom. The minimum absolute atomic E-state index is 0.181. The molecule has 1 aliphatic heterocycles. The van der Waals surface area contributed by atoms with Crippen LogP contribution in [0.4, 0.5) is 0 Å². The highest BCUT2D eigenvalue weighted by Gasteiger charge is 2.44. The van der Waals surface area contributed by atoms with Crippen molar-refractivity contribution in [1.29, 1.82) is 0 Å². The topological polar surface area (TPSA) is 92.5 Å². The van der Waals surface area contributed by atoms with Crippen LogP contribution in [0.5, 0.6) is 0 Å². The molecule has 17 heteroatoms. The maximum atomic E-state index is 6.66. The van der Waals surface area contributed by atoms with Gasteiger partial charge in [-0.05, 0) is 0 Å². The zero-order valence-corrected chi connectivity index (χ0v) is 34.1. The second-order valence-electron chi connectivity index (χ2n) is 16.6. The van der Waals surface area contributed by atoms with Gasteiger partial charge in [-0.1, -0.05) is 6.08 Å². The van der Waals surface area contributed by atoms with Gasteiger partial charge < -0.3 is 49.6 Å². The van der Waals surface area contributed by atoms with Crippen molar-refractivity contribution in [3.63, 3.8) is 0 Å². The monoisotopic (exact) mass is 707 g/mol. The van der Waals surface area contributed by atoms with Gasteiger partial charge in [-0.3, -0.25) is 0 Å². The van der Waals surface area contributed by atoms with Crippen molar-refractivity contribution in [2.75, 3.05) is 178 Å². The van der Waals surface area contributed by atoms with Gasteiger partial charge in [0.1, 0.15) is 65.8 Å². The lowest BCUT2D eigenvalue weighted by Gasteiger charge is -2.35. The molecule has 1 unspecified atom stereocenters. The lowest BCUT2D eigenvalue weighted by atomic mass is 10.5. The Bertz CT molecular complexity index is 1010. The number of hydrogen-bond donors (Lipinski definition) is 0. The number of rotatable bonds is 23. The summed E-state index contributed by atoms with van der Waals surface area (Å²) in [6.45, 7) is 9.50. The summed E-state index contributed by atoms with van der Waals surface area (Å²) in [6.07, 6.45) is 1.67. The van der Waals surface area contributed by atoms with Crippen molar-refractivity contribution in [2.24, 2.45) is 13.5 Å². The van der Waals surface area contributed by atoms with Crippen LogP contribution in [0, 0.1) is 0 Å². The Labute approximate surface area is 276 Å². The summed E-state index contributed by atoms with van der Waals surface area (Å²) in [5, 5.41) is 0. The van der Waals surface area contributed by atoms with Crippen molar-refractivity contribution in [3.05, 3.63) is 12.7 Å². The molecule has 0 saturated heterocycles. The van der Waals surface area contributed by atoms with Crippen molar-refractivity contribution < 1.29 is 49.6 Å². The Morgan fingerprint density at radius 2 is 0.600 bits per heavy atom. The van der Waals surface area contributed by atoms with Crippen LogP contribution in [0.2, 0.25) is 0 Å². The molecule has 14 nitrogen and oxygen atoms in total. The van der Waals surface area contributed by atoms with E-state index in [2.05, 4.69) is 112 Å². The number of likely N-dealkylation sites (N-methyl/N-ethyl adjacent to an activating group) is 5. The quantitative estimate of drug-likeness (QED) is 0.0873. The minimum Gasteiger partial charge on any atom is -0.329 e. The summed E-state index contributed by atoms with van der Waals surface area (Å²) < 4.78 is 58.7. The molecule has 0 aromatic heterocycles. The molecule has 1 atom stereocenters. The molecular formula is C28H70N8O6P3+5. The molecule has 0 amide bonds. The Morgan fingerprint density at radius 3 is 0.778 bits per heavy atom. The van der Waals surface area contributed by atoms with Crippen LogP contribution in [-0.2, 0) is 27.1 Å². The molecule has 0 N–H and O–H groups in total. The third kappa shape index (κ3) is 19.5. The summed E-state index contributed by atoms with van der Waals surface area (Å²) in [4.78, 5) is 0. The van der Waals surface area contributed by atoms with Gasteiger partial charge in [0.25, 0.3) is 0 Å². The van der Waals surface area contributed by atoms with E-state index in [1.807, 2.05) is 0 Å². The smallest absolute Gasteiger partial charge is 0.329 e. The molecule has 0 saturated carbocycles. The highest BCUT2D eigenvalue weighted by Crippen LogP contribution is 2.80. The molecule has 0 bridgehead atoms. The maximum Gasteiger partial charge on any atom is 0.349 e. The van der Waals surface area contributed by atoms with Gasteiger partial charge in [-0.2, -0.15) is 0 Å². The van der Waals surface area contributed by atoms with Crippen LogP contribution in [0.3, 0.4) is 0 Å². The predicted molar refractivity (Wildman–Crippen MR) is 188 cm³/mol. The minimum atomic E-state index is -3.41. The highest BCUT2D eigenvalue weighted by atomic mass is 31.3. The summed E-state index contributed by atoms with van der Waals surface area (Å²) in [7, 11) is 21.6. The highest BCUT2D eigenvalue weighted by molar-refractivity contribution is 7.78. The van der Waals surface area contributed by atoms with Crippen LogP contribution < -0.4 is 0 Å². The SMILES string of the molecule is C=CCOP1(OCC[N+](C)(C)C)=NP(OCC[N+](C)(C)C)(OCC[N+](C)(C)C)=NP(OCC[N+](C)(C)C)(OCC[N+](C)(C)C)=N1. The second kappa shape index (κ2) is 17.1. The van der Waals surface area contributed by atoms with E-state index >= 15 is 0 Å². The molecule has 0 aromatic carbocycles. The third-order valence-electron chi connectivity index (χ3n) is 6.15. The summed E-state index contributed by atoms with van der Waals surface area (Å²) in [5.41, 5.74) is 0. The van der Waals surface area contributed by atoms with Crippen LogP contribution in [0.1, 0.15) is 0 Å². The fraction of sp³-hybridized carbons (Fsp3) is 0.929. The Hall–Kier alpha value is -0.0100. The van der Waals surface area contributed by atoms with E-state index in [1.54, 1.807) is 6.08 Å². The normalized spacial score (nSPS) is 20.7. The molecule has 1 heterocycles. The zero-order valence-electron chi connectivity index (χ0n) is 31.4.